The maximum Gasteiger partial charge on any atom is 0.472 e. The summed E-state index contributed by atoms with van der Waals surface area (Å²) < 4.78 is 31.5. The van der Waals surface area contributed by atoms with E-state index in [0.717, 1.165) is 24.3 Å². The summed E-state index contributed by atoms with van der Waals surface area (Å²) in [5, 5.41) is 15.5. The van der Waals surface area contributed by atoms with E-state index in [1.807, 2.05) is 6.08 Å². The normalized spacial score (nSPS) is 39.3. The van der Waals surface area contributed by atoms with Crippen LogP contribution in [0.25, 0.3) is 10.4 Å². The van der Waals surface area contributed by atoms with Gasteiger partial charge in [0.05, 0.1) is 31.0 Å². The zero-order valence-corrected chi connectivity index (χ0v) is 32.0. The van der Waals surface area contributed by atoms with Crippen molar-refractivity contribution in [3.05, 3.63) is 54.7 Å². The third-order valence-electron chi connectivity index (χ3n) is 13.8. The molecule has 13 atom stereocenters. The van der Waals surface area contributed by atoms with Crippen molar-refractivity contribution in [2.75, 3.05) is 6.61 Å². The fourth-order valence-corrected chi connectivity index (χ4v) is 12.1. The molecule has 0 bridgehead atoms. The molecule has 0 amide bonds. The molecular weight excluding hydrogens is 673 g/mol. The van der Waals surface area contributed by atoms with Gasteiger partial charge in [0.15, 0.2) is 0 Å². The van der Waals surface area contributed by atoms with Gasteiger partial charge in [0.2, 0.25) is 0 Å². The highest BCUT2D eigenvalue weighted by Gasteiger charge is 2.61. The molecule has 1 aromatic heterocycles. The first-order valence-corrected chi connectivity index (χ1v) is 20.6. The molecule has 14 heteroatoms. The van der Waals surface area contributed by atoms with Crippen LogP contribution in [0.15, 0.2) is 32.5 Å². The van der Waals surface area contributed by atoms with Gasteiger partial charge in [-0.3, -0.25) is 23.4 Å². The SMILES string of the molecule is Cc1cn([C@H]2C[C@H](N=[N+]=[N-])[C@@H](COP(=O)(O)O[C@H]3CC[C@@]4(C)C(=C[C@H](O)[C@H]5[C@@H]6CC[C@H]([C@H](C)CCCC(C)C)[C@@]6(C)CC[C@@H]54)C3)O2)c(=O)[nH]c1=O. The van der Waals surface area contributed by atoms with Gasteiger partial charge in [-0.2, -0.15) is 0 Å². The number of nitrogens with zero attached hydrogens (tertiary/aromatic N) is 4. The molecule has 51 heavy (non-hydrogen) atoms. The Labute approximate surface area is 300 Å². The number of hydrogen-bond donors (Lipinski definition) is 3. The van der Waals surface area contributed by atoms with Gasteiger partial charge in [0, 0.05) is 23.1 Å². The molecule has 6 rings (SSSR count). The van der Waals surface area contributed by atoms with Gasteiger partial charge in [0.25, 0.3) is 5.56 Å². The number of ether oxygens (including phenoxy) is 1. The number of rotatable bonds is 12. The van der Waals surface area contributed by atoms with Crippen LogP contribution in [0.2, 0.25) is 0 Å². The third-order valence-corrected chi connectivity index (χ3v) is 14.9. The molecule has 3 N–H and O–H groups in total. The number of phosphoric ester groups is 1. The van der Waals surface area contributed by atoms with E-state index >= 15 is 0 Å². The standard InChI is InChI=1S/C37H58N5O8P/c1-21(2)8-7-9-22(3)26-10-11-27-33-28(13-15-37(26,27)6)36(5)14-12-25(16-24(36)17-30(33)43)50-51(46,47)48-20-31-29(40-41-38)18-32(49-31)42-19-23(4)34(44)39-35(42)45/h17,19,21-22,25-33,43H,7-16,18,20H2,1-6H3,(H,46,47)(H,39,44,45)/t22-,25+,26-,27+,28+,29+,30+,31-,32-,33+,36+,37-/m1/s1. The molecule has 1 aromatic rings. The number of azide groups is 1. The molecule has 5 aliphatic rings. The van der Waals surface area contributed by atoms with Crippen LogP contribution in [-0.2, 0) is 18.3 Å². The zero-order valence-electron chi connectivity index (χ0n) is 31.1. The third kappa shape index (κ3) is 7.59. The topological polar surface area (TPSA) is 189 Å². The van der Waals surface area contributed by atoms with E-state index in [4.69, 9.17) is 19.3 Å². The molecule has 4 fully saturated rings. The van der Waals surface area contributed by atoms with Crippen molar-refractivity contribution in [2.24, 2.45) is 51.5 Å². The zero-order chi connectivity index (χ0) is 36.9. The fourth-order valence-electron chi connectivity index (χ4n) is 11.1. The summed E-state index contributed by atoms with van der Waals surface area (Å²) in [6.45, 7) is 13.1. The van der Waals surface area contributed by atoms with Gasteiger partial charge < -0.3 is 14.7 Å². The number of nitrogens with one attached hydrogen (secondary N) is 1. The lowest BCUT2D eigenvalue weighted by atomic mass is 9.46. The Hall–Kier alpha value is -2.24. The van der Waals surface area contributed by atoms with E-state index in [1.54, 1.807) is 6.92 Å². The molecule has 0 aromatic carbocycles. The molecule has 0 spiro atoms. The van der Waals surface area contributed by atoms with Crippen molar-refractivity contribution in [3.8, 4) is 0 Å². The monoisotopic (exact) mass is 731 g/mol. The average molecular weight is 732 g/mol. The van der Waals surface area contributed by atoms with Gasteiger partial charge in [0.1, 0.15) is 6.23 Å². The first-order valence-electron chi connectivity index (χ1n) is 19.1. The van der Waals surface area contributed by atoms with Gasteiger partial charge in [-0.1, -0.05) is 70.6 Å². The number of fused-ring (bicyclic) bond motifs is 5. The van der Waals surface area contributed by atoms with Crippen LogP contribution >= 0.6 is 7.82 Å². The fraction of sp³-hybridized carbons (Fsp3) is 0.838. The number of aliphatic hydroxyl groups excluding tert-OH is 1. The van der Waals surface area contributed by atoms with Gasteiger partial charge in [-0.05, 0) is 104 Å². The largest absolute Gasteiger partial charge is 0.472 e. The quantitative estimate of drug-likeness (QED) is 0.0655. The van der Waals surface area contributed by atoms with Crippen LogP contribution in [-0.4, -0.2) is 50.5 Å². The number of H-pyrrole nitrogens is 1. The number of phosphoric acid groups is 1. The minimum absolute atomic E-state index is 0.0975. The van der Waals surface area contributed by atoms with E-state index in [0.29, 0.717) is 42.1 Å². The lowest BCUT2D eigenvalue weighted by molar-refractivity contribution is -0.0971. The summed E-state index contributed by atoms with van der Waals surface area (Å²) in [6, 6.07) is -0.781. The van der Waals surface area contributed by atoms with Crippen LogP contribution < -0.4 is 11.2 Å². The Morgan fingerprint density at radius 1 is 1.16 bits per heavy atom. The summed E-state index contributed by atoms with van der Waals surface area (Å²) in [7, 11) is -4.56. The first kappa shape index (κ1) is 38.5. The average Bonchev–Trinajstić information content (AvgIpc) is 3.62. The second-order valence-electron chi connectivity index (χ2n) is 17.3. The minimum atomic E-state index is -4.56. The van der Waals surface area contributed by atoms with Crippen molar-refractivity contribution in [2.45, 2.75) is 143 Å². The molecule has 284 valence electrons. The number of aromatic amines is 1. The van der Waals surface area contributed by atoms with Gasteiger partial charge in [-0.15, -0.1) is 0 Å². The lowest BCUT2D eigenvalue weighted by Gasteiger charge is -2.59. The number of aliphatic hydroxyl groups is 1. The predicted octanol–water partition coefficient (Wildman–Crippen LogP) is 7.33. The molecule has 0 radical (unpaired) electrons. The van der Waals surface area contributed by atoms with Crippen LogP contribution in [0, 0.1) is 53.3 Å². The molecule has 3 saturated carbocycles. The van der Waals surface area contributed by atoms with E-state index in [-0.39, 0.29) is 23.2 Å². The number of hydrogen-bond acceptors (Lipinski definition) is 8. The summed E-state index contributed by atoms with van der Waals surface area (Å²) in [5.74, 6) is 3.22. The Bertz CT molecular complexity index is 1690. The highest BCUT2D eigenvalue weighted by atomic mass is 31.2. The summed E-state index contributed by atoms with van der Waals surface area (Å²) in [4.78, 5) is 40.2. The Morgan fingerprint density at radius 2 is 1.92 bits per heavy atom. The summed E-state index contributed by atoms with van der Waals surface area (Å²) in [5.41, 5.74) is 9.49. The second-order valence-corrected chi connectivity index (χ2v) is 18.7. The van der Waals surface area contributed by atoms with Crippen molar-refractivity contribution >= 4 is 7.82 Å². The smallest absolute Gasteiger partial charge is 0.389 e. The molecule has 2 heterocycles. The Morgan fingerprint density at radius 3 is 2.65 bits per heavy atom. The maximum absolute atomic E-state index is 13.3. The molecule has 4 aliphatic carbocycles. The van der Waals surface area contributed by atoms with Crippen LogP contribution in [0.4, 0.5) is 0 Å². The van der Waals surface area contributed by atoms with E-state index in [2.05, 4.69) is 49.6 Å². The van der Waals surface area contributed by atoms with Crippen molar-refractivity contribution < 1.29 is 28.3 Å². The molecule has 1 unspecified atom stereocenters. The summed E-state index contributed by atoms with van der Waals surface area (Å²) in [6.07, 6.45) is 11.0. The van der Waals surface area contributed by atoms with Gasteiger partial charge in [-0.25, -0.2) is 9.36 Å². The molecule has 13 nitrogen and oxygen atoms in total. The van der Waals surface area contributed by atoms with Gasteiger partial charge >= 0.3 is 13.5 Å². The second kappa shape index (κ2) is 14.9. The molecule has 1 aliphatic heterocycles. The highest BCUT2D eigenvalue weighted by molar-refractivity contribution is 7.47. The minimum Gasteiger partial charge on any atom is -0.389 e. The molecule has 1 saturated heterocycles. The first-order chi connectivity index (χ1) is 24.1. The van der Waals surface area contributed by atoms with Crippen molar-refractivity contribution in [1.82, 2.24) is 9.55 Å². The maximum atomic E-state index is 13.3. The van der Waals surface area contributed by atoms with E-state index < -0.39 is 56.3 Å². The van der Waals surface area contributed by atoms with Crippen molar-refractivity contribution in [1.29, 1.82) is 0 Å². The number of aryl methyl sites for hydroxylation is 1. The molecular formula is C37H58N5O8P. The van der Waals surface area contributed by atoms with E-state index in [9.17, 15) is 24.2 Å². The van der Waals surface area contributed by atoms with Crippen LogP contribution in [0.5, 0.6) is 0 Å². The van der Waals surface area contributed by atoms with E-state index in [1.165, 1.54) is 49.3 Å². The predicted molar refractivity (Wildman–Crippen MR) is 193 cm³/mol. The van der Waals surface area contributed by atoms with Crippen LogP contribution in [0.1, 0.15) is 117 Å². The summed E-state index contributed by atoms with van der Waals surface area (Å²) >= 11 is 0. The Kier molecular flexibility index (Phi) is 11.2. The van der Waals surface area contributed by atoms with Crippen LogP contribution in [0.3, 0.4) is 0 Å². The Balaban J connectivity index is 1.08. The lowest BCUT2D eigenvalue weighted by Crippen LogP contribution is -2.55. The van der Waals surface area contributed by atoms with Crippen molar-refractivity contribution in [3.63, 3.8) is 0 Å². The number of aromatic nitrogens is 2. The highest BCUT2D eigenvalue weighted by Crippen LogP contribution is 2.67.